The van der Waals surface area contributed by atoms with Crippen molar-refractivity contribution in [3.63, 3.8) is 0 Å². The van der Waals surface area contributed by atoms with E-state index < -0.39 is 0 Å². The van der Waals surface area contributed by atoms with Crippen LogP contribution in [0.1, 0.15) is 44.9 Å². The van der Waals surface area contributed by atoms with Crippen molar-refractivity contribution in [1.29, 1.82) is 0 Å². The largest absolute Gasteiger partial charge is 0.355 e. The highest BCUT2D eigenvalue weighted by atomic mass is 127. The monoisotopic (exact) mass is 338 g/mol. The van der Waals surface area contributed by atoms with Crippen LogP contribution in [-0.4, -0.2) is 23.9 Å². The molecular formula is C13H23IO2. The van der Waals surface area contributed by atoms with Gasteiger partial charge in [-0.1, -0.05) is 60.4 Å². The van der Waals surface area contributed by atoms with Gasteiger partial charge >= 0.3 is 0 Å². The van der Waals surface area contributed by atoms with Gasteiger partial charge in [0.1, 0.15) is 0 Å². The van der Waals surface area contributed by atoms with E-state index in [9.17, 15) is 0 Å². The predicted octanol–water partition coefficient (Wildman–Crippen LogP) is 4.08. The summed E-state index contributed by atoms with van der Waals surface area (Å²) in [5, 5.41) is 0. The second-order valence-electron chi connectivity index (χ2n) is 4.27. The molecule has 1 heterocycles. The van der Waals surface area contributed by atoms with Gasteiger partial charge in [0.2, 0.25) is 0 Å². The summed E-state index contributed by atoms with van der Waals surface area (Å²) in [5.74, 6) is 0. The number of halogens is 1. The van der Waals surface area contributed by atoms with Crippen molar-refractivity contribution < 1.29 is 9.47 Å². The lowest BCUT2D eigenvalue weighted by molar-refractivity contribution is -0.112. The number of rotatable bonds is 1. The zero-order chi connectivity index (χ0) is 11.6. The Bertz CT molecular complexity index is 194. The fourth-order valence-corrected chi connectivity index (χ4v) is 2.87. The van der Waals surface area contributed by atoms with Crippen molar-refractivity contribution in [1.82, 2.24) is 0 Å². The van der Waals surface area contributed by atoms with E-state index in [4.69, 9.17) is 9.47 Å². The van der Waals surface area contributed by atoms with Crippen LogP contribution in [0, 0.1) is 0 Å². The van der Waals surface area contributed by atoms with Gasteiger partial charge in [-0.15, -0.1) is 0 Å². The lowest BCUT2D eigenvalue weighted by atomic mass is 10.1. The molecule has 1 aliphatic rings. The number of alkyl halides is 1. The molecule has 0 aromatic carbocycles. The second kappa shape index (κ2) is 9.42. The molecular weight excluding hydrogens is 315 g/mol. The quantitative estimate of drug-likeness (QED) is 0.407. The van der Waals surface area contributed by atoms with E-state index in [0.29, 0.717) is 10.5 Å². The average Bonchev–Trinajstić information content (AvgIpc) is 2.31. The first-order chi connectivity index (χ1) is 7.84. The minimum absolute atomic E-state index is 0.0500. The molecule has 0 aliphatic carbocycles. The summed E-state index contributed by atoms with van der Waals surface area (Å²) < 4.78 is 11.5. The van der Waals surface area contributed by atoms with Gasteiger partial charge in [-0.2, -0.15) is 0 Å². The van der Waals surface area contributed by atoms with E-state index in [-0.39, 0.29) is 6.29 Å². The molecule has 0 fully saturated rings. The van der Waals surface area contributed by atoms with E-state index in [1.165, 1.54) is 44.9 Å². The summed E-state index contributed by atoms with van der Waals surface area (Å²) in [5.41, 5.74) is 0. The molecule has 0 aromatic heterocycles. The standard InChI is InChI=1S/C13H23IO2/c1-15-13-12(14)10-8-6-4-2-3-5-7-9-11-16-13/h7,9,12-13H,2-6,8,10-11H2,1H3/b9-7-/t12?,13-/m1/s1. The fourth-order valence-electron chi connectivity index (χ4n) is 1.92. The molecule has 1 aliphatic heterocycles. The summed E-state index contributed by atoms with van der Waals surface area (Å²) in [6.45, 7) is 0.679. The Morgan fingerprint density at radius 1 is 1.12 bits per heavy atom. The maximum Gasteiger partial charge on any atom is 0.169 e. The topological polar surface area (TPSA) is 18.5 Å². The van der Waals surface area contributed by atoms with E-state index in [1.54, 1.807) is 7.11 Å². The van der Waals surface area contributed by atoms with Crippen molar-refractivity contribution in [3.05, 3.63) is 12.2 Å². The highest BCUT2D eigenvalue weighted by Gasteiger charge is 2.17. The smallest absolute Gasteiger partial charge is 0.169 e. The Morgan fingerprint density at radius 2 is 1.88 bits per heavy atom. The summed E-state index contributed by atoms with van der Waals surface area (Å²) in [6.07, 6.45) is 13.4. The summed E-state index contributed by atoms with van der Waals surface area (Å²) in [7, 11) is 1.73. The summed E-state index contributed by atoms with van der Waals surface area (Å²) >= 11 is 2.45. The van der Waals surface area contributed by atoms with Gasteiger partial charge in [0.25, 0.3) is 0 Å². The van der Waals surface area contributed by atoms with Crippen LogP contribution in [0.25, 0.3) is 0 Å². The number of hydrogen-bond acceptors (Lipinski definition) is 2. The number of allylic oxidation sites excluding steroid dienone is 1. The van der Waals surface area contributed by atoms with Crippen molar-refractivity contribution >= 4 is 22.6 Å². The highest BCUT2D eigenvalue weighted by Crippen LogP contribution is 2.20. The Balaban J connectivity index is 2.38. The number of ether oxygens (including phenoxy) is 2. The average molecular weight is 338 g/mol. The first-order valence-corrected chi connectivity index (χ1v) is 7.52. The second-order valence-corrected chi connectivity index (χ2v) is 5.87. The molecule has 0 amide bonds. The number of hydrogen-bond donors (Lipinski definition) is 0. The Morgan fingerprint density at radius 3 is 2.69 bits per heavy atom. The SMILES string of the molecule is CO[C@@H]1OC/C=C\CCCCCCCC1I. The summed E-state index contributed by atoms with van der Waals surface area (Å²) in [4.78, 5) is 0. The van der Waals surface area contributed by atoms with Crippen LogP contribution in [0.5, 0.6) is 0 Å². The molecule has 0 bridgehead atoms. The van der Waals surface area contributed by atoms with Crippen molar-refractivity contribution in [3.8, 4) is 0 Å². The molecule has 0 saturated heterocycles. The summed E-state index contributed by atoms with van der Waals surface area (Å²) in [6, 6.07) is 0. The third-order valence-corrected chi connectivity index (χ3v) is 4.11. The van der Waals surface area contributed by atoms with Gasteiger partial charge in [0.15, 0.2) is 6.29 Å². The van der Waals surface area contributed by atoms with Gasteiger partial charge in [0.05, 0.1) is 10.5 Å². The van der Waals surface area contributed by atoms with Crippen LogP contribution in [0.4, 0.5) is 0 Å². The van der Waals surface area contributed by atoms with Crippen LogP contribution in [0.3, 0.4) is 0 Å². The molecule has 0 radical (unpaired) electrons. The molecule has 0 spiro atoms. The van der Waals surface area contributed by atoms with Gasteiger partial charge < -0.3 is 9.47 Å². The minimum atomic E-state index is -0.0500. The Labute approximate surface area is 113 Å². The van der Waals surface area contributed by atoms with Gasteiger partial charge in [-0.3, -0.25) is 0 Å². The van der Waals surface area contributed by atoms with E-state index in [2.05, 4.69) is 34.7 Å². The van der Waals surface area contributed by atoms with Crippen LogP contribution in [0.2, 0.25) is 0 Å². The first kappa shape index (κ1) is 14.5. The fraction of sp³-hybridized carbons (Fsp3) is 0.846. The van der Waals surface area contributed by atoms with Crippen LogP contribution < -0.4 is 0 Å². The minimum Gasteiger partial charge on any atom is -0.355 e. The van der Waals surface area contributed by atoms with E-state index >= 15 is 0 Å². The van der Waals surface area contributed by atoms with Gasteiger partial charge in [-0.25, -0.2) is 0 Å². The maximum atomic E-state index is 5.70. The maximum absolute atomic E-state index is 5.70. The van der Waals surface area contributed by atoms with Gasteiger partial charge in [0, 0.05) is 7.11 Å². The molecule has 1 rings (SSSR count). The van der Waals surface area contributed by atoms with Gasteiger partial charge in [-0.05, 0) is 19.3 Å². The van der Waals surface area contributed by atoms with E-state index in [0.717, 1.165) is 0 Å². The molecule has 3 heteroatoms. The van der Waals surface area contributed by atoms with Crippen molar-refractivity contribution in [2.45, 2.75) is 55.2 Å². The lowest BCUT2D eigenvalue weighted by Crippen LogP contribution is -2.26. The van der Waals surface area contributed by atoms with Crippen LogP contribution >= 0.6 is 22.6 Å². The Hall–Kier alpha value is 0.390. The zero-order valence-electron chi connectivity index (χ0n) is 10.2. The third kappa shape index (κ3) is 6.21. The Kier molecular flexibility index (Phi) is 8.51. The predicted molar refractivity (Wildman–Crippen MR) is 76.0 cm³/mol. The van der Waals surface area contributed by atoms with E-state index in [1.807, 2.05) is 0 Å². The lowest BCUT2D eigenvalue weighted by Gasteiger charge is -2.20. The molecule has 2 atom stereocenters. The molecule has 0 saturated carbocycles. The van der Waals surface area contributed by atoms with Crippen molar-refractivity contribution in [2.75, 3.05) is 13.7 Å². The zero-order valence-corrected chi connectivity index (χ0v) is 12.3. The molecule has 2 nitrogen and oxygen atoms in total. The highest BCUT2D eigenvalue weighted by molar-refractivity contribution is 14.1. The third-order valence-electron chi connectivity index (χ3n) is 2.90. The molecule has 0 N–H and O–H groups in total. The molecule has 16 heavy (non-hydrogen) atoms. The number of methoxy groups -OCH3 is 1. The van der Waals surface area contributed by atoms with Crippen molar-refractivity contribution in [2.24, 2.45) is 0 Å². The normalized spacial score (nSPS) is 32.1. The molecule has 0 aromatic rings. The van der Waals surface area contributed by atoms with Crippen LogP contribution in [0.15, 0.2) is 12.2 Å². The molecule has 94 valence electrons. The first-order valence-electron chi connectivity index (χ1n) is 6.28. The van der Waals surface area contributed by atoms with Crippen LogP contribution in [-0.2, 0) is 9.47 Å². The molecule has 1 unspecified atom stereocenters.